The molecule has 1 rings (SSSR count). The van der Waals surface area contributed by atoms with E-state index in [4.69, 9.17) is 0 Å². The maximum atomic E-state index is 3.76. The first-order chi connectivity index (χ1) is 8.50. The van der Waals surface area contributed by atoms with Gasteiger partial charge in [0, 0.05) is 12.1 Å². The highest BCUT2D eigenvalue weighted by Gasteiger charge is 2.17. The Morgan fingerprint density at radius 1 is 1.06 bits per heavy atom. The van der Waals surface area contributed by atoms with Crippen LogP contribution in [0.15, 0.2) is 30.3 Å². The van der Waals surface area contributed by atoms with Crippen LogP contribution in [0.3, 0.4) is 0 Å². The zero-order valence-corrected chi connectivity index (χ0v) is 12.5. The van der Waals surface area contributed by atoms with Gasteiger partial charge >= 0.3 is 0 Å². The van der Waals surface area contributed by atoms with Crippen molar-refractivity contribution in [3.63, 3.8) is 0 Å². The van der Waals surface area contributed by atoms with Crippen molar-refractivity contribution < 1.29 is 0 Å². The fourth-order valence-corrected chi connectivity index (χ4v) is 2.18. The van der Waals surface area contributed by atoms with Gasteiger partial charge in [-0.05, 0) is 45.5 Å². The second-order valence-electron chi connectivity index (χ2n) is 5.79. The molecule has 0 aromatic heterocycles. The van der Waals surface area contributed by atoms with Gasteiger partial charge in [0.15, 0.2) is 0 Å². The van der Waals surface area contributed by atoms with E-state index in [9.17, 15) is 0 Å². The number of nitrogens with zero attached hydrogens (tertiary/aromatic N) is 1. The van der Waals surface area contributed by atoms with Crippen molar-refractivity contribution in [2.75, 3.05) is 20.6 Å². The molecule has 0 spiro atoms. The molecule has 0 radical (unpaired) electrons. The summed E-state index contributed by atoms with van der Waals surface area (Å²) in [6, 6.07) is 11.7. The van der Waals surface area contributed by atoms with Crippen LogP contribution in [-0.4, -0.2) is 31.6 Å². The molecule has 1 aromatic carbocycles. The average molecular weight is 248 g/mol. The predicted molar refractivity (Wildman–Crippen MR) is 79.8 cm³/mol. The molecule has 1 aromatic rings. The summed E-state index contributed by atoms with van der Waals surface area (Å²) in [4.78, 5) is 2.24. The highest BCUT2D eigenvalue weighted by molar-refractivity contribution is 5.19. The van der Waals surface area contributed by atoms with Gasteiger partial charge in [-0.3, -0.25) is 0 Å². The van der Waals surface area contributed by atoms with E-state index < -0.39 is 0 Å². The first-order valence-electron chi connectivity index (χ1n) is 6.96. The van der Waals surface area contributed by atoms with E-state index in [-0.39, 0.29) is 0 Å². The standard InChI is InChI=1S/C16H28N2/c1-13(2)16(15-9-7-6-8-10-15)17-14(3)11-12-18(4)5/h6-10,13-14,16-17H,11-12H2,1-5H3. The molecule has 2 nitrogen and oxygen atoms in total. The molecule has 0 amide bonds. The lowest BCUT2D eigenvalue weighted by Crippen LogP contribution is -2.35. The topological polar surface area (TPSA) is 15.3 Å². The van der Waals surface area contributed by atoms with E-state index in [2.05, 4.69) is 75.4 Å². The van der Waals surface area contributed by atoms with Crippen LogP contribution in [0.4, 0.5) is 0 Å². The minimum atomic E-state index is 0.448. The third kappa shape index (κ3) is 5.19. The summed E-state index contributed by atoms with van der Waals surface area (Å²) in [6.07, 6.45) is 1.18. The lowest BCUT2D eigenvalue weighted by Gasteiger charge is -2.27. The highest BCUT2D eigenvalue weighted by atomic mass is 15.1. The number of benzene rings is 1. The van der Waals surface area contributed by atoms with Crippen molar-refractivity contribution in [2.45, 2.75) is 39.3 Å². The summed E-state index contributed by atoms with van der Waals surface area (Å²) in [5.41, 5.74) is 1.39. The van der Waals surface area contributed by atoms with Gasteiger partial charge in [-0.25, -0.2) is 0 Å². The molecule has 0 aliphatic carbocycles. The average Bonchev–Trinajstić information content (AvgIpc) is 2.34. The van der Waals surface area contributed by atoms with E-state index in [1.54, 1.807) is 0 Å². The summed E-state index contributed by atoms with van der Waals surface area (Å²) in [7, 11) is 4.26. The summed E-state index contributed by atoms with van der Waals surface area (Å²) in [5, 5.41) is 3.76. The quantitative estimate of drug-likeness (QED) is 0.796. The predicted octanol–water partition coefficient (Wildman–Crippen LogP) is 3.31. The molecule has 2 atom stereocenters. The van der Waals surface area contributed by atoms with E-state index >= 15 is 0 Å². The number of rotatable bonds is 7. The van der Waals surface area contributed by atoms with Crippen molar-refractivity contribution in [2.24, 2.45) is 5.92 Å². The molecule has 18 heavy (non-hydrogen) atoms. The van der Waals surface area contributed by atoms with Crippen molar-refractivity contribution >= 4 is 0 Å². The van der Waals surface area contributed by atoms with Gasteiger partial charge in [0.05, 0.1) is 0 Å². The zero-order chi connectivity index (χ0) is 13.5. The van der Waals surface area contributed by atoms with E-state index in [0.717, 1.165) is 6.54 Å². The second-order valence-corrected chi connectivity index (χ2v) is 5.79. The monoisotopic (exact) mass is 248 g/mol. The summed E-state index contributed by atoms with van der Waals surface area (Å²) in [6.45, 7) is 7.97. The fourth-order valence-electron chi connectivity index (χ4n) is 2.18. The van der Waals surface area contributed by atoms with Crippen molar-refractivity contribution in [3.8, 4) is 0 Å². The SMILES string of the molecule is CC(CCN(C)C)NC(c1ccccc1)C(C)C. The molecule has 2 unspecified atom stereocenters. The molecule has 0 fully saturated rings. The molecule has 0 saturated carbocycles. The van der Waals surface area contributed by atoms with Gasteiger partial charge in [0.2, 0.25) is 0 Å². The fraction of sp³-hybridized carbons (Fsp3) is 0.625. The molecule has 0 aliphatic rings. The van der Waals surface area contributed by atoms with Crippen LogP contribution >= 0.6 is 0 Å². The van der Waals surface area contributed by atoms with Gasteiger partial charge in [0.25, 0.3) is 0 Å². The van der Waals surface area contributed by atoms with Crippen molar-refractivity contribution in [1.29, 1.82) is 0 Å². The molecular formula is C16H28N2. The Hall–Kier alpha value is -0.860. The smallest absolute Gasteiger partial charge is 0.0345 e. The molecule has 0 saturated heterocycles. The maximum Gasteiger partial charge on any atom is 0.0345 e. The van der Waals surface area contributed by atoms with Crippen LogP contribution in [0.25, 0.3) is 0 Å². The Balaban J connectivity index is 2.59. The number of hydrogen-bond acceptors (Lipinski definition) is 2. The first kappa shape index (κ1) is 15.2. The summed E-state index contributed by atoms with van der Waals surface area (Å²) in [5.74, 6) is 0.606. The maximum absolute atomic E-state index is 3.76. The van der Waals surface area contributed by atoms with Crippen LogP contribution in [-0.2, 0) is 0 Å². The molecule has 102 valence electrons. The minimum absolute atomic E-state index is 0.448. The lowest BCUT2D eigenvalue weighted by molar-refractivity contribution is 0.322. The third-order valence-corrected chi connectivity index (χ3v) is 3.30. The van der Waals surface area contributed by atoms with E-state index in [0.29, 0.717) is 18.0 Å². The van der Waals surface area contributed by atoms with Crippen LogP contribution < -0.4 is 5.32 Å². The van der Waals surface area contributed by atoms with Gasteiger partial charge in [-0.1, -0.05) is 44.2 Å². The van der Waals surface area contributed by atoms with Crippen LogP contribution in [0.2, 0.25) is 0 Å². The Labute approximate surface area is 112 Å². The molecule has 1 N–H and O–H groups in total. The molecule has 0 aliphatic heterocycles. The Bertz CT molecular complexity index is 319. The van der Waals surface area contributed by atoms with Crippen LogP contribution in [0, 0.1) is 5.92 Å². The molecule has 0 heterocycles. The van der Waals surface area contributed by atoms with Gasteiger partial charge < -0.3 is 10.2 Å². The van der Waals surface area contributed by atoms with Gasteiger partial charge in [-0.2, -0.15) is 0 Å². The number of hydrogen-bond donors (Lipinski definition) is 1. The van der Waals surface area contributed by atoms with E-state index in [1.807, 2.05) is 0 Å². The van der Waals surface area contributed by atoms with Gasteiger partial charge in [0.1, 0.15) is 0 Å². The minimum Gasteiger partial charge on any atom is -0.309 e. The second kappa shape index (κ2) is 7.55. The Morgan fingerprint density at radius 2 is 1.67 bits per heavy atom. The molecule has 2 heteroatoms. The Morgan fingerprint density at radius 3 is 2.17 bits per heavy atom. The normalized spacial score (nSPS) is 15.1. The third-order valence-electron chi connectivity index (χ3n) is 3.30. The first-order valence-corrected chi connectivity index (χ1v) is 6.96. The van der Waals surface area contributed by atoms with Crippen molar-refractivity contribution in [3.05, 3.63) is 35.9 Å². The summed E-state index contributed by atoms with van der Waals surface area (Å²) >= 11 is 0. The summed E-state index contributed by atoms with van der Waals surface area (Å²) < 4.78 is 0. The van der Waals surface area contributed by atoms with Crippen LogP contribution in [0.1, 0.15) is 38.8 Å². The number of nitrogens with one attached hydrogen (secondary N) is 1. The lowest BCUT2D eigenvalue weighted by atomic mass is 9.95. The molecular weight excluding hydrogens is 220 g/mol. The van der Waals surface area contributed by atoms with Gasteiger partial charge in [-0.15, -0.1) is 0 Å². The van der Waals surface area contributed by atoms with Crippen molar-refractivity contribution in [1.82, 2.24) is 10.2 Å². The van der Waals surface area contributed by atoms with Crippen LogP contribution in [0.5, 0.6) is 0 Å². The largest absolute Gasteiger partial charge is 0.309 e. The van der Waals surface area contributed by atoms with E-state index in [1.165, 1.54) is 12.0 Å². The highest BCUT2D eigenvalue weighted by Crippen LogP contribution is 2.22. The molecule has 0 bridgehead atoms. The Kier molecular flexibility index (Phi) is 6.37. The zero-order valence-electron chi connectivity index (χ0n) is 12.5.